The summed E-state index contributed by atoms with van der Waals surface area (Å²) in [4.78, 5) is 23.2. The van der Waals surface area contributed by atoms with Crippen LogP contribution in [0.25, 0.3) is 23.3 Å². The molecule has 0 bridgehead atoms. The number of methoxy groups -OCH3 is 2. The molecule has 6 nitrogen and oxygen atoms in total. The maximum atomic E-state index is 11.6. The molecule has 3 aromatic rings. The van der Waals surface area contributed by atoms with E-state index in [0.29, 0.717) is 33.4 Å². The molecule has 0 amide bonds. The molecule has 0 aliphatic heterocycles. The molecular weight excluding hydrogens is 428 g/mol. The van der Waals surface area contributed by atoms with Crippen molar-refractivity contribution in [3.8, 4) is 12.1 Å². The molecule has 3 aromatic carbocycles. The van der Waals surface area contributed by atoms with Gasteiger partial charge >= 0.3 is 11.9 Å². The van der Waals surface area contributed by atoms with Crippen molar-refractivity contribution in [2.45, 2.75) is 0 Å². The van der Waals surface area contributed by atoms with Gasteiger partial charge in [0, 0.05) is 0 Å². The van der Waals surface area contributed by atoms with Gasteiger partial charge in [-0.15, -0.1) is 0 Å². The van der Waals surface area contributed by atoms with Gasteiger partial charge in [-0.3, -0.25) is 0 Å². The molecule has 0 spiro atoms. The minimum atomic E-state index is -0.436. The fourth-order valence-corrected chi connectivity index (χ4v) is 3.19. The van der Waals surface area contributed by atoms with Crippen LogP contribution < -0.4 is 0 Å². The highest BCUT2D eigenvalue weighted by Gasteiger charge is 2.08. The third kappa shape index (κ3) is 5.64. The number of allylic oxidation sites excluding steroid dienone is 2. The summed E-state index contributed by atoms with van der Waals surface area (Å²) in [7, 11) is 2.63. The molecule has 0 radical (unpaired) electrons. The molecule has 166 valence electrons. The van der Waals surface area contributed by atoms with E-state index in [-0.39, 0.29) is 0 Å². The van der Waals surface area contributed by atoms with Crippen LogP contribution in [0.5, 0.6) is 0 Å². The van der Waals surface area contributed by atoms with Gasteiger partial charge in [0.2, 0.25) is 0 Å². The first-order chi connectivity index (χ1) is 16.5. The Morgan fingerprint density at radius 3 is 1.15 bits per heavy atom. The Labute approximate surface area is 197 Å². The molecule has 0 atom stereocenters. The smallest absolute Gasteiger partial charge is 0.337 e. The summed E-state index contributed by atoms with van der Waals surface area (Å²) in [5, 5.41) is 19.2. The number of benzene rings is 3. The number of carbonyl (C=O) groups is 2. The minimum Gasteiger partial charge on any atom is -0.465 e. The Morgan fingerprint density at radius 1 is 0.588 bits per heavy atom. The highest BCUT2D eigenvalue weighted by molar-refractivity contribution is 5.94. The topological polar surface area (TPSA) is 100 Å². The minimum absolute atomic E-state index is 0.410. The van der Waals surface area contributed by atoms with Crippen molar-refractivity contribution in [1.29, 1.82) is 10.5 Å². The fraction of sp³-hybridized carbons (Fsp3) is 0.0714. The second-order valence-corrected chi connectivity index (χ2v) is 7.14. The number of rotatable bonds is 6. The van der Waals surface area contributed by atoms with Crippen molar-refractivity contribution < 1.29 is 19.1 Å². The van der Waals surface area contributed by atoms with Crippen LogP contribution in [0.4, 0.5) is 0 Å². The first-order valence-electron chi connectivity index (χ1n) is 10.2. The van der Waals surface area contributed by atoms with E-state index < -0.39 is 11.9 Å². The quantitative estimate of drug-likeness (QED) is 0.285. The standard InChI is InChI=1S/C28H20N2O4/c1-33-27(31)23-11-7-21(8-12-23)25(17-29)15-19-3-5-20(6-4-19)16-26(18-30)22-9-13-24(14-10-22)28(32)34-2/h3-16H,1-2H3. The van der Waals surface area contributed by atoms with Gasteiger partial charge in [0.1, 0.15) is 0 Å². The molecule has 0 saturated heterocycles. The molecule has 6 heteroatoms. The van der Waals surface area contributed by atoms with Gasteiger partial charge < -0.3 is 9.47 Å². The number of nitrogens with zero attached hydrogens (tertiary/aromatic N) is 2. The number of hydrogen-bond acceptors (Lipinski definition) is 6. The Hall–Kier alpha value is -4.94. The number of carbonyl (C=O) groups excluding carboxylic acids is 2. The first-order valence-corrected chi connectivity index (χ1v) is 10.2. The summed E-state index contributed by atoms with van der Waals surface area (Å²) in [6, 6.07) is 25.0. The second kappa shape index (κ2) is 11.1. The molecule has 0 heterocycles. The van der Waals surface area contributed by atoms with Crippen molar-refractivity contribution in [2.75, 3.05) is 14.2 Å². The van der Waals surface area contributed by atoms with E-state index in [1.54, 1.807) is 60.7 Å². The second-order valence-electron chi connectivity index (χ2n) is 7.14. The SMILES string of the molecule is COC(=O)c1ccc(C(C#N)=Cc2ccc(C=C(C#N)c3ccc(C(=O)OC)cc3)cc2)cc1. The van der Waals surface area contributed by atoms with Crippen LogP contribution in [0, 0.1) is 22.7 Å². The summed E-state index contributed by atoms with van der Waals surface area (Å²) in [6.45, 7) is 0. The van der Waals surface area contributed by atoms with E-state index in [1.807, 2.05) is 24.3 Å². The molecule has 34 heavy (non-hydrogen) atoms. The lowest BCUT2D eigenvalue weighted by molar-refractivity contribution is 0.0592. The van der Waals surface area contributed by atoms with Crippen molar-refractivity contribution in [2.24, 2.45) is 0 Å². The average molecular weight is 448 g/mol. The zero-order valence-electron chi connectivity index (χ0n) is 18.6. The highest BCUT2D eigenvalue weighted by atomic mass is 16.5. The van der Waals surface area contributed by atoms with Crippen LogP contribution in [0.15, 0.2) is 72.8 Å². The zero-order chi connectivity index (χ0) is 24.5. The van der Waals surface area contributed by atoms with Crippen LogP contribution in [-0.4, -0.2) is 26.2 Å². The van der Waals surface area contributed by atoms with E-state index in [1.165, 1.54) is 14.2 Å². The number of nitriles is 2. The van der Waals surface area contributed by atoms with Gasteiger partial charge in [0.15, 0.2) is 0 Å². The number of hydrogen-bond donors (Lipinski definition) is 0. The number of ether oxygens (including phenoxy) is 2. The Balaban J connectivity index is 1.81. The first kappa shape index (κ1) is 23.7. The van der Waals surface area contributed by atoms with Crippen LogP contribution in [0.3, 0.4) is 0 Å². The zero-order valence-corrected chi connectivity index (χ0v) is 18.6. The molecule has 0 aromatic heterocycles. The lowest BCUT2D eigenvalue weighted by Gasteiger charge is -2.04. The fourth-order valence-electron chi connectivity index (χ4n) is 3.19. The van der Waals surface area contributed by atoms with Gasteiger partial charge in [0.05, 0.1) is 48.6 Å². The molecule has 3 rings (SSSR count). The van der Waals surface area contributed by atoms with Gasteiger partial charge in [0.25, 0.3) is 0 Å². The van der Waals surface area contributed by atoms with E-state index in [0.717, 1.165) is 11.1 Å². The lowest BCUT2D eigenvalue weighted by atomic mass is 10.00. The molecular formula is C28H20N2O4. The monoisotopic (exact) mass is 448 g/mol. The van der Waals surface area contributed by atoms with Gasteiger partial charge in [-0.1, -0.05) is 48.5 Å². The van der Waals surface area contributed by atoms with Crippen LogP contribution in [-0.2, 0) is 9.47 Å². The van der Waals surface area contributed by atoms with Crippen molar-refractivity contribution in [3.63, 3.8) is 0 Å². The molecule has 0 saturated carbocycles. The maximum absolute atomic E-state index is 11.6. The summed E-state index contributed by atoms with van der Waals surface area (Å²) in [6.07, 6.45) is 3.49. The number of esters is 2. The summed E-state index contributed by atoms with van der Waals surface area (Å²) < 4.78 is 9.38. The Kier molecular flexibility index (Phi) is 7.73. The van der Waals surface area contributed by atoms with Crippen LogP contribution in [0.2, 0.25) is 0 Å². The predicted molar refractivity (Wildman–Crippen MR) is 129 cm³/mol. The lowest BCUT2D eigenvalue weighted by Crippen LogP contribution is -2.00. The van der Waals surface area contributed by atoms with E-state index in [2.05, 4.69) is 12.1 Å². The maximum Gasteiger partial charge on any atom is 0.337 e. The van der Waals surface area contributed by atoms with Crippen LogP contribution >= 0.6 is 0 Å². The third-order valence-electron chi connectivity index (χ3n) is 5.03. The van der Waals surface area contributed by atoms with Gasteiger partial charge in [-0.05, 0) is 58.7 Å². The molecule has 0 fully saturated rings. The Morgan fingerprint density at radius 2 is 0.882 bits per heavy atom. The third-order valence-corrected chi connectivity index (χ3v) is 5.03. The predicted octanol–water partition coefficient (Wildman–Crippen LogP) is 5.39. The average Bonchev–Trinajstić information content (AvgIpc) is 2.90. The molecule has 0 N–H and O–H groups in total. The van der Waals surface area contributed by atoms with Crippen molar-refractivity contribution in [3.05, 3.63) is 106 Å². The van der Waals surface area contributed by atoms with E-state index >= 15 is 0 Å². The largest absolute Gasteiger partial charge is 0.465 e. The summed E-state index contributed by atoms with van der Waals surface area (Å²) in [5.41, 5.74) is 4.70. The normalized spacial score (nSPS) is 11.2. The van der Waals surface area contributed by atoms with Gasteiger partial charge in [-0.25, -0.2) is 9.59 Å². The summed E-state index contributed by atoms with van der Waals surface area (Å²) >= 11 is 0. The van der Waals surface area contributed by atoms with Crippen molar-refractivity contribution >= 4 is 35.2 Å². The molecule has 0 aliphatic rings. The highest BCUT2D eigenvalue weighted by Crippen LogP contribution is 2.22. The van der Waals surface area contributed by atoms with E-state index in [4.69, 9.17) is 9.47 Å². The molecule has 0 aliphatic carbocycles. The summed E-state index contributed by atoms with van der Waals surface area (Å²) in [5.74, 6) is -0.873. The van der Waals surface area contributed by atoms with Gasteiger partial charge in [-0.2, -0.15) is 10.5 Å². The Bertz CT molecular complexity index is 1230. The van der Waals surface area contributed by atoms with Crippen LogP contribution in [0.1, 0.15) is 43.0 Å². The molecule has 0 unspecified atom stereocenters. The van der Waals surface area contributed by atoms with Crippen molar-refractivity contribution in [1.82, 2.24) is 0 Å². The van der Waals surface area contributed by atoms with E-state index in [9.17, 15) is 20.1 Å².